The number of nitrogens with two attached hydrogens (primary N) is 1. The molecular weight excluding hydrogens is 172 g/mol. The summed E-state index contributed by atoms with van der Waals surface area (Å²) in [5.74, 6) is 0. The van der Waals surface area contributed by atoms with Gasteiger partial charge in [0, 0.05) is 17.4 Å². The Labute approximate surface area is 85.9 Å². The lowest BCUT2D eigenvalue weighted by Crippen LogP contribution is -2.15. The van der Waals surface area contributed by atoms with Crippen LogP contribution in [-0.2, 0) is 19.3 Å². The number of aromatic nitrogens is 1. The van der Waals surface area contributed by atoms with E-state index in [1.54, 1.807) is 5.56 Å². The molecule has 0 aliphatic heterocycles. The SMILES string of the molecule is CC(N)CCc1cc2c([nH]1)CCCC2. The van der Waals surface area contributed by atoms with E-state index in [4.69, 9.17) is 5.73 Å². The van der Waals surface area contributed by atoms with Gasteiger partial charge in [-0.05, 0) is 57.1 Å². The standard InChI is InChI=1S/C12H20N2/c1-9(13)6-7-11-8-10-4-2-3-5-12(10)14-11/h8-9,14H,2-7,13H2,1H3. The first-order valence-corrected chi connectivity index (χ1v) is 5.71. The molecule has 2 rings (SSSR count). The zero-order valence-electron chi connectivity index (χ0n) is 8.97. The third-order valence-corrected chi connectivity index (χ3v) is 3.04. The van der Waals surface area contributed by atoms with E-state index in [0.29, 0.717) is 6.04 Å². The zero-order chi connectivity index (χ0) is 9.97. The molecule has 0 radical (unpaired) electrons. The summed E-state index contributed by atoms with van der Waals surface area (Å²) >= 11 is 0. The average molecular weight is 192 g/mol. The molecule has 0 aromatic carbocycles. The third kappa shape index (κ3) is 2.18. The minimum Gasteiger partial charge on any atom is -0.362 e. The quantitative estimate of drug-likeness (QED) is 0.757. The molecule has 1 aromatic rings. The van der Waals surface area contributed by atoms with Gasteiger partial charge in [0.25, 0.3) is 0 Å². The van der Waals surface area contributed by atoms with Crippen molar-refractivity contribution in [3.63, 3.8) is 0 Å². The van der Waals surface area contributed by atoms with Crippen LogP contribution in [0.4, 0.5) is 0 Å². The number of nitrogens with one attached hydrogen (secondary N) is 1. The highest BCUT2D eigenvalue weighted by atomic mass is 14.7. The van der Waals surface area contributed by atoms with Crippen LogP contribution in [-0.4, -0.2) is 11.0 Å². The second-order valence-corrected chi connectivity index (χ2v) is 4.52. The van der Waals surface area contributed by atoms with Crippen molar-refractivity contribution >= 4 is 0 Å². The van der Waals surface area contributed by atoms with Gasteiger partial charge in [-0.2, -0.15) is 0 Å². The van der Waals surface area contributed by atoms with Gasteiger partial charge in [0.1, 0.15) is 0 Å². The number of H-pyrrole nitrogens is 1. The Morgan fingerprint density at radius 2 is 2.21 bits per heavy atom. The molecule has 1 aliphatic rings. The summed E-state index contributed by atoms with van der Waals surface area (Å²) < 4.78 is 0. The lowest BCUT2D eigenvalue weighted by Gasteiger charge is -2.09. The minimum absolute atomic E-state index is 0.315. The maximum absolute atomic E-state index is 5.75. The molecule has 0 bridgehead atoms. The Kier molecular flexibility index (Phi) is 2.92. The largest absolute Gasteiger partial charge is 0.362 e. The first-order valence-electron chi connectivity index (χ1n) is 5.71. The van der Waals surface area contributed by atoms with Gasteiger partial charge in [0.05, 0.1) is 0 Å². The van der Waals surface area contributed by atoms with Crippen LogP contribution in [0.15, 0.2) is 6.07 Å². The van der Waals surface area contributed by atoms with E-state index in [0.717, 1.165) is 12.8 Å². The summed E-state index contributed by atoms with van der Waals surface area (Å²) in [6, 6.07) is 2.66. The monoisotopic (exact) mass is 192 g/mol. The van der Waals surface area contributed by atoms with E-state index in [1.165, 1.54) is 37.1 Å². The maximum atomic E-state index is 5.75. The molecule has 1 aromatic heterocycles. The van der Waals surface area contributed by atoms with Crippen LogP contribution >= 0.6 is 0 Å². The van der Waals surface area contributed by atoms with Gasteiger partial charge in [-0.3, -0.25) is 0 Å². The van der Waals surface area contributed by atoms with Gasteiger partial charge < -0.3 is 10.7 Å². The van der Waals surface area contributed by atoms with Gasteiger partial charge in [0.15, 0.2) is 0 Å². The normalized spacial score (nSPS) is 17.9. The first-order chi connectivity index (χ1) is 6.75. The van der Waals surface area contributed by atoms with Gasteiger partial charge in [-0.1, -0.05) is 0 Å². The van der Waals surface area contributed by atoms with Crippen molar-refractivity contribution in [3.8, 4) is 0 Å². The van der Waals surface area contributed by atoms with Gasteiger partial charge in [-0.25, -0.2) is 0 Å². The van der Waals surface area contributed by atoms with Gasteiger partial charge in [0.2, 0.25) is 0 Å². The van der Waals surface area contributed by atoms with Crippen LogP contribution in [0.25, 0.3) is 0 Å². The molecule has 1 unspecified atom stereocenters. The van der Waals surface area contributed by atoms with Crippen LogP contribution < -0.4 is 5.73 Å². The topological polar surface area (TPSA) is 41.8 Å². The molecule has 0 saturated carbocycles. The highest BCUT2D eigenvalue weighted by Gasteiger charge is 2.12. The van der Waals surface area contributed by atoms with Crippen LogP contribution in [0.3, 0.4) is 0 Å². The molecule has 14 heavy (non-hydrogen) atoms. The molecule has 1 atom stereocenters. The molecule has 0 saturated heterocycles. The number of rotatable bonds is 3. The number of fused-ring (bicyclic) bond motifs is 1. The van der Waals surface area contributed by atoms with E-state index in [1.807, 2.05) is 0 Å². The van der Waals surface area contributed by atoms with Crippen LogP contribution in [0.5, 0.6) is 0 Å². The van der Waals surface area contributed by atoms with Crippen molar-refractivity contribution in [2.75, 3.05) is 0 Å². The molecule has 0 amide bonds. The summed E-state index contributed by atoms with van der Waals surface area (Å²) in [7, 11) is 0. The van der Waals surface area contributed by atoms with Crippen molar-refractivity contribution in [1.29, 1.82) is 0 Å². The molecule has 3 N–H and O–H groups in total. The third-order valence-electron chi connectivity index (χ3n) is 3.04. The highest BCUT2D eigenvalue weighted by Crippen LogP contribution is 2.22. The van der Waals surface area contributed by atoms with E-state index in [-0.39, 0.29) is 0 Å². The Hall–Kier alpha value is -0.760. The zero-order valence-corrected chi connectivity index (χ0v) is 8.97. The van der Waals surface area contributed by atoms with Crippen LogP contribution in [0.1, 0.15) is 43.1 Å². The summed E-state index contributed by atoms with van der Waals surface area (Å²) in [5.41, 5.74) is 10.2. The lowest BCUT2D eigenvalue weighted by molar-refractivity contribution is 0.655. The summed E-state index contributed by atoms with van der Waals surface area (Å²) in [6.07, 6.45) is 7.40. The van der Waals surface area contributed by atoms with E-state index >= 15 is 0 Å². The van der Waals surface area contributed by atoms with Crippen molar-refractivity contribution in [2.24, 2.45) is 5.73 Å². The Morgan fingerprint density at radius 1 is 1.43 bits per heavy atom. The maximum Gasteiger partial charge on any atom is 0.0181 e. The molecule has 2 heteroatoms. The average Bonchev–Trinajstić information content (AvgIpc) is 2.57. The fraction of sp³-hybridized carbons (Fsp3) is 0.667. The van der Waals surface area contributed by atoms with Crippen molar-refractivity contribution in [2.45, 2.75) is 51.5 Å². The van der Waals surface area contributed by atoms with Gasteiger partial charge in [-0.15, -0.1) is 0 Å². The minimum atomic E-state index is 0.315. The number of hydrogen-bond acceptors (Lipinski definition) is 1. The smallest absolute Gasteiger partial charge is 0.0181 e. The molecule has 1 heterocycles. The van der Waals surface area contributed by atoms with Crippen LogP contribution in [0, 0.1) is 0 Å². The van der Waals surface area contributed by atoms with E-state index in [9.17, 15) is 0 Å². The molecule has 0 spiro atoms. The van der Waals surface area contributed by atoms with Gasteiger partial charge >= 0.3 is 0 Å². The molecule has 78 valence electrons. The summed E-state index contributed by atoms with van der Waals surface area (Å²) in [6.45, 7) is 2.07. The fourth-order valence-corrected chi connectivity index (χ4v) is 2.19. The number of aryl methyl sites for hydroxylation is 3. The molecular formula is C12H20N2. The van der Waals surface area contributed by atoms with E-state index in [2.05, 4.69) is 18.0 Å². The Bertz CT molecular complexity index is 276. The first kappa shape index (κ1) is 9.78. The second-order valence-electron chi connectivity index (χ2n) is 4.52. The Balaban J connectivity index is 2.01. The molecule has 0 fully saturated rings. The van der Waals surface area contributed by atoms with Crippen LogP contribution in [0.2, 0.25) is 0 Å². The highest BCUT2D eigenvalue weighted by molar-refractivity contribution is 5.28. The number of aromatic amines is 1. The molecule has 2 nitrogen and oxygen atoms in total. The summed E-state index contributed by atoms with van der Waals surface area (Å²) in [5, 5.41) is 0. The Morgan fingerprint density at radius 3 is 2.93 bits per heavy atom. The van der Waals surface area contributed by atoms with Crippen molar-refractivity contribution in [1.82, 2.24) is 4.98 Å². The predicted molar refractivity (Wildman–Crippen MR) is 59.4 cm³/mol. The number of hydrogen-bond donors (Lipinski definition) is 2. The second kappa shape index (κ2) is 4.18. The fourth-order valence-electron chi connectivity index (χ4n) is 2.19. The lowest BCUT2D eigenvalue weighted by atomic mass is 9.98. The predicted octanol–water partition coefficient (Wildman–Crippen LogP) is 2.17. The summed E-state index contributed by atoms with van der Waals surface area (Å²) in [4.78, 5) is 3.53. The van der Waals surface area contributed by atoms with E-state index < -0.39 is 0 Å². The molecule has 1 aliphatic carbocycles. The van der Waals surface area contributed by atoms with Crippen molar-refractivity contribution < 1.29 is 0 Å². The van der Waals surface area contributed by atoms with Crippen molar-refractivity contribution in [3.05, 3.63) is 23.0 Å².